The largest absolute Gasteiger partial charge is 0.496 e. The van der Waals surface area contributed by atoms with Gasteiger partial charge >= 0.3 is 0 Å². The Labute approximate surface area is 117 Å². The Morgan fingerprint density at radius 3 is 2.74 bits per heavy atom. The van der Waals surface area contributed by atoms with Crippen LogP contribution in [0.3, 0.4) is 0 Å². The lowest BCUT2D eigenvalue weighted by Crippen LogP contribution is -2.19. The lowest BCUT2D eigenvalue weighted by molar-refractivity contribution is 0.411. The maximum Gasteiger partial charge on any atom is 0.121 e. The maximum absolute atomic E-state index is 5.30. The van der Waals surface area contributed by atoms with Crippen LogP contribution in [0.5, 0.6) is 5.75 Å². The number of methoxy groups -OCH3 is 1. The Bertz CT molecular complexity index is 398. The van der Waals surface area contributed by atoms with E-state index in [1.54, 1.807) is 7.11 Å². The fourth-order valence-electron chi connectivity index (χ4n) is 2.47. The van der Waals surface area contributed by atoms with Gasteiger partial charge in [0, 0.05) is 6.04 Å². The van der Waals surface area contributed by atoms with Crippen molar-refractivity contribution in [2.75, 3.05) is 13.7 Å². The summed E-state index contributed by atoms with van der Waals surface area (Å²) in [4.78, 5) is 0. The Hall–Kier alpha value is -1.02. The highest BCUT2D eigenvalue weighted by Gasteiger charge is 2.19. The van der Waals surface area contributed by atoms with E-state index in [1.807, 2.05) is 0 Å². The molecular weight excluding hydrogens is 234 g/mol. The van der Waals surface area contributed by atoms with Crippen molar-refractivity contribution in [3.63, 3.8) is 0 Å². The number of rotatable bonds is 8. The highest BCUT2D eigenvalue weighted by atomic mass is 16.5. The first-order valence-corrected chi connectivity index (χ1v) is 7.56. The van der Waals surface area contributed by atoms with E-state index in [9.17, 15) is 0 Å². The second-order valence-corrected chi connectivity index (χ2v) is 5.96. The van der Waals surface area contributed by atoms with Crippen LogP contribution in [0.4, 0.5) is 0 Å². The quantitative estimate of drug-likeness (QED) is 0.770. The van der Waals surface area contributed by atoms with Gasteiger partial charge in [-0.05, 0) is 68.7 Å². The molecule has 106 valence electrons. The second kappa shape index (κ2) is 6.95. The van der Waals surface area contributed by atoms with E-state index in [0.29, 0.717) is 0 Å². The molecule has 0 amide bonds. The molecule has 0 aromatic heterocycles. The molecule has 2 rings (SSSR count). The van der Waals surface area contributed by atoms with Crippen LogP contribution in [-0.4, -0.2) is 19.7 Å². The summed E-state index contributed by atoms with van der Waals surface area (Å²) in [7, 11) is 1.73. The molecule has 1 aliphatic carbocycles. The summed E-state index contributed by atoms with van der Waals surface area (Å²) in [6, 6.07) is 7.38. The van der Waals surface area contributed by atoms with Crippen LogP contribution >= 0.6 is 0 Å². The number of hydrogen-bond donors (Lipinski definition) is 1. The molecule has 19 heavy (non-hydrogen) atoms. The highest BCUT2D eigenvalue weighted by Crippen LogP contribution is 2.21. The van der Waals surface area contributed by atoms with Crippen LogP contribution in [0.2, 0.25) is 0 Å². The minimum Gasteiger partial charge on any atom is -0.496 e. The van der Waals surface area contributed by atoms with Gasteiger partial charge in [0.2, 0.25) is 0 Å². The summed E-state index contributed by atoms with van der Waals surface area (Å²) in [5, 5.41) is 3.59. The van der Waals surface area contributed by atoms with Gasteiger partial charge in [-0.25, -0.2) is 0 Å². The molecule has 1 N–H and O–H groups in total. The smallest absolute Gasteiger partial charge is 0.121 e. The Balaban J connectivity index is 1.69. The third-order valence-corrected chi connectivity index (χ3v) is 4.03. The monoisotopic (exact) mass is 261 g/mol. The molecule has 0 spiro atoms. The van der Waals surface area contributed by atoms with Crippen molar-refractivity contribution >= 4 is 0 Å². The number of aryl methyl sites for hydroxylation is 2. The van der Waals surface area contributed by atoms with Crippen LogP contribution in [0, 0.1) is 12.8 Å². The zero-order chi connectivity index (χ0) is 13.7. The van der Waals surface area contributed by atoms with Crippen molar-refractivity contribution in [2.24, 2.45) is 5.92 Å². The number of hydrogen-bond acceptors (Lipinski definition) is 2. The molecule has 1 atom stereocenters. The summed E-state index contributed by atoms with van der Waals surface area (Å²) in [6.45, 7) is 5.67. The fourth-order valence-corrected chi connectivity index (χ4v) is 2.47. The molecule has 1 aromatic rings. The van der Waals surface area contributed by atoms with E-state index in [4.69, 9.17) is 4.74 Å². The number of ether oxygens (including phenoxy) is 1. The van der Waals surface area contributed by atoms with Gasteiger partial charge in [-0.2, -0.15) is 0 Å². The molecule has 0 radical (unpaired) electrons. The Kier molecular flexibility index (Phi) is 5.26. The van der Waals surface area contributed by atoms with Crippen molar-refractivity contribution in [3.8, 4) is 5.75 Å². The van der Waals surface area contributed by atoms with Gasteiger partial charge in [0.15, 0.2) is 0 Å². The van der Waals surface area contributed by atoms with E-state index in [2.05, 4.69) is 37.4 Å². The summed E-state index contributed by atoms with van der Waals surface area (Å²) in [6.07, 6.45) is 6.53. The van der Waals surface area contributed by atoms with Crippen molar-refractivity contribution in [1.82, 2.24) is 5.32 Å². The molecule has 1 fully saturated rings. The first-order chi connectivity index (χ1) is 9.19. The SMILES string of the molecule is COc1ccc(CCC(C)CCNC2CC2)cc1C. The molecule has 1 aliphatic rings. The normalized spacial score (nSPS) is 16.4. The van der Waals surface area contributed by atoms with Crippen molar-refractivity contribution in [1.29, 1.82) is 0 Å². The predicted octanol–water partition coefficient (Wildman–Crippen LogP) is 3.71. The molecule has 1 aromatic carbocycles. The Morgan fingerprint density at radius 2 is 2.11 bits per heavy atom. The topological polar surface area (TPSA) is 21.3 Å². The van der Waals surface area contributed by atoms with Gasteiger partial charge in [-0.3, -0.25) is 0 Å². The fraction of sp³-hybridized carbons (Fsp3) is 0.647. The molecule has 0 heterocycles. The van der Waals surface area contributed by atoms with Crippen LogP contribution < -0.4 is 10.1 Å². The van der Waals surface area contributed by atoms with E-state index < -0.39 is 0 Å². The molecular formula is C17H27NO. The van der Waals surface area contributed by atoms with Crippen LogP contribution in [0.25, 0.3) is 0 Å². The number of nitrogens with one attached hydrogen (secondary N) is 1. The minimum absolute atomic E-state index is 0.800. The molecule has 2 heteroatoms. The standard InChI is InChI=1S/C17H27NO/c1-13(10-11-18-16-7-8-16)4-5-15-6-9-17(19-3)14(2)12-15/h6,9,12-13,16,18H,4-5,7-8,10-11H2,1-3H3. The molecule has 0 bridgehead atoms. The third kappa shape index (κ3) is 4.87. The van der Waals surface area contributed by atoms with E-state index in [-0.39, 0.29) is 0 Å². The first kappa shape index (κ1) is 14.4. The van der Waals surface area contributed by atoms with Crippen LogP contribution in [0.1, 0.15) is 43.7 Å². The lowest BCUT2D eigenvalue weighted by Gasteiger charge is -2.13. The van der Waals surface area contributed by atoms with Gasteiger partial charge in [-0.15, -0.1) is 0 Å². The molecule has 0 saturated heterocycles. The summed E-state index contributed by atoms with van der Waals surface area (Å²) in [5.74, 6) is 1.79. The Morgan fingerprint density at radius 1 is 1.32 bits per heavy atom. The van der Waals surface area contributed by atoms with Crippen molar-refractivity contribution < 1.29 is 4.74 Å². The lowest BCUT2D eigenvalue weighted by atomic mass is 9.97. The highest BCUT2D eigenvalue weighted by molar-refractivity contribution is 5.36. The zero-order valence-corrected chi connectivity index (χ0v) is 12.5. The molecule has 2 nitrogen and oxygen atoms in total. The molecule has 0 aliphatic heterocycles. The average Bonchev–Trinajstić information content (AvgIpc) is 3.20. The van der Waals surface area contributed by atoms with E-state index >= 15 is 0 Å². The average molecular weight is 261 g/mol. The van der Waals surface area contributed by atoms with Crippen LogP contribution in [0.15, 0.2) is 18.2 Å². The van der Waals surface area contributed by atoms with Gasteiger partial charge < -0.3 is 10.1 Å². The number of benzene rings is 1. The van der Waals surface area contributed by atoms with Gasteiger partial charge in [0.25, 0.3) is 0 Å². The van der Waals surface area contributed by atoms with Gasteiger partial charge in [-0.1, -0.05) is 19.1 Å². The first-order valence-electron chi connectivity index (χ1n) is 7.56. The van der Waals surface area contributed by atoms with E-state index in [1.165, 1.54) is 49.8 Å². The maximum atomic E-state index is 5.30. The van der Waals surface area contributed by atoms with E-state index in [0.717, 1.165) is 17.7 Å². The van der Waals surface area contributed by atoms with Crippen LogP contribution in [-0.2, 0) is 6.42 Å². The van der Waals surface area contributed by atoms with Crippen molar-refractivity contribution in [2.45, 2.75) is 52.0 Å². The third-order valence-electron chi connectivity index (χ3n) is 4.03. The molecule has 1 saturated carbocycles. The zero-order valence-electron chi connectivity index (χ0n) is 12.5. The summed E-state index contributed by atoms with van der Waals surface area (Å²) >= 11 is 0. The minimum atomic E-state index is 0.800. The molecule has 1 unspecified atom stereocenters. The second-order valence-electron chi connectivity index (χ2n) is 5.96. The summed E-state index contributed by atoms with van der Waals surface area (Å²) < 4.78 is 5.30. The predicted molar refractivity (Wildman–Crippen MR) is 80.9 cm³/mol. The summed E-state index contributed by atoms with van der Waals surface area (Å²) in [5.41, 5.74) is 2.67. The van der Waals surface area contributed by atoms with Gasteiger partial charge in [0.1, 0.15) is 5.75 Å². The van der Waals surface area contributed by atoms with Crippen molar-refractivity contribution in [3.05, 3.63) is 29.3 Å². The van der Waals surface area contributed by atoms with Gasteiger partial charge in [0.05, 0.1) is 7.11 Å².